The summed E-state index contributed by atoms with van der Waals surface area (Å²) < 4.78 is 1.80. The lowest BCUT2D eigenvalue weighted by atomic mass is 10.2. The van der Waals surface area contributed by atoms with Crippen molar-refractivity contribution in [3.8, 4) is 0 Å². The van der Waals surface area contributed by atoms with Gasteiger partial charge in [-0.1, -0.05) is 0 Å². The zero-order valence-corrected chi connectivity index (χ0v) is 12.0. The minimum absolute atomic E-state index is 0.163. The van der Waals surface area contributed by atoms with Gasteiger partial charge in [0.1, 0.15) is 0 Å². The Labute approximate surface area is 121 Å². The molecule has 0 atom stereocenters. The highest BCUT2D eigenvalue weighted by Crippen LogP contribution is 2.27. The first-order valence-electron chi connectivity index (χ1n) is 5.48. The number of carbonyl (C=O) groups is 1. The lowest BCUT2D eigenvalue weighted by Crippen LogP contribution is -2.11. The molecule has 94 valence electrons. The minimum Gasteiger partial charge on any atom is -0.321 e. The van der Waals surface area contributed by atoms with Crippen molar-refractivity contribution in [2.75, 3.05) is 5.32 Å². The number of thiazole rings is 1. The monoisotopic (exact) mass is 333 g/mol. The summed E-state index contributed by atoms with van der Waals surface area (Å²) in [7, 11) is 0. The molecule has 6 heteroatoms. The van der Waals surface area contributed by atoms with Crippen LogP contribution in [0.3, 0.4) is 0 Å². The first-order valence-corrected chi connectivity index (χ1v) is 7.15. The number of aromatic nitrogens is 2. The first-order chi connectivity index (χ1) is 9.24. The summed E-state index contributed by atoms with van der Waals surface area (Å²) >= 11 is 4.94. The third-order valence-corrected chi connectivity index (χ3v) is 3.95. The number of anilines is 1. The smallest absolute Gasteiger partial charge is 0.255 e. The van der Waals surface area contributed by atoms with Crippen molar-refractivity contribution in [3.05, 3.63) is 52.2 Å². The molecular weight excluding hydrogens is 326 g/mol. The molecule has 3 rings (SSSR count). The number of pyridine rings is 1. The van der Waals surface area contributed by atoms with E-state index in [1.807, 2.05) is 6.07 Å². The van der Waals surface area contributed by atoms with Crippen LogP contribution in [0.15, 0.2) is 46.6 Å². The number of amides is 1. The fourth-order valence-electron chi connectivity index (χ4n) is 1.70. The van der Waals surface area contributed by atoms with Crippen LogP contribution in [-0.4, -0.2) is 15.9 Å². The zero-order chi connectivity index (χ0) is 13.2. The lowest BCUT2D eigenvalue weighted by Gasteiger charge is -2.05. The molecule has 0 radical (unpaired) electrons. The molecule has 1 amide bonds. The van der Waals surface area contributed by atoms with Crippen LogP contribution in [0.4, 0.5) is 5.69 Å². The second-order valence-electron chi connectivity index (χ2n) is 3.85. The summed E-state index contributed by atoms with van der Waals surface area (Å²) in [6.45, 7) is 0. The van der Waals surface area contributed by atoms with E-state index < -0.39 is 0 Å². The Kier molecular flexibility index (Phi) is 3.27. The highest BCUT2D eigenvalue weighted by molar-refractivity contribution is 9.10. The average molecular weight is 334 g/mol. The highest BCUT2D eigenvalue weighted by atomic mass is 79.9. The third kappa shape index (κ3) is 2.50. The molecule has 0 spiro atoms. The Morgan fingerprint density at radius 1 is 1.37 bits per heavy atom. The summed E-state index contributed by atoms with van der Waals surface area (Å²) in [6, 6.07) is 7.18. The summed E-state index contributed by atoms with van der Waals surface area (Å²) in [6.07, 6.45) is 3.27. The highest BCUT2D eigenvalue weighted by Gasteiger charge is 2.11. The van der Waals surface area contributed by atoms with Gasteiger partial charge >= 0.3 is 0 Å². The number of hydrogen-bond donors (Lipinski definition) is 1. The molecule has 0 saturated carbocycles. The number of hydrogen-bond acceptors (Lipinski definition) is 4. The van der Waals surface area contributed by atoms with Crippen molar-refractivity contribution in [1.82, 2.24) is 9.97 Å². The van der Waals surface area contributed by atoms with Crippen molar-refractivity contribution >= 4 is 49.1 Å². The second-order valence-corrected chi connectivity index (χ2v) is 5.59. The summed E-state index contributed by atoms with van der Waals surface area (Å²) in [5.74, 6) is -0.163. The van der Waals surface area contributed by atoms with E-state index in [1.165, 1.54) is 11.3 Å². The van der Waals surface area contributed by atoms with Crippen molar-refractivity contribution < 1.29 is 4.79 Å². The fourth-order valence-corrected chi connectivity index (χ4v) is 3.13. The Balaban J connectivity index is 1.93. The molecule has 4 nitrogen and oxygen atoms in total. The van der Waals surface area contributed by atoms with E-state index in [4.69, 9.17) is 0 Å². The Hall–Kier alpha value is -1.79. The van der Waals surface area contributed by atoms with Crippen molar-refractivity contribution in [2.45, 2.75) is 0 Å². The number of rotatable bonds is 2. The topological polar surface area (TPSA) is 54.9 Å². The van der Waals surface area contributed by atoms with Crippen LogP contribution in [0.2, 0.25) is 0 Å². The molecular formula is C13H8BrN3OS. The van der Waals surface area contributed by atoms with Gasteiger partial charge in [-0.3, -0.25) is 9.78 Å². The minimum atomic E-state index is -0.163. The maximum atomic E-state index is 12.2. The lowest BCUT2D eigenvalue weighted by molar-refractivity contribution is 0.102. The maximum Gasteiger partial charge on any atom is 0.255 e. The number of nitrogens with zero attached hydrogens (tertiary/aromatic N) is 2. The van der Waals surface area contributed by atoms with Crippen molar-refractivity contribution in [1.29, 1.82) is 0 Å². The third-order valence-electron chi connectivity index (χ3n) is 2.57. The molecule has 0 unspecified atom stereocenters. The molecule has 0 bridgehead atoms. The van der Waals surface area contributed by atoms with Gasteiger partial charge in [0.2, 0.25) is 0 Å². The van der Waals surface area contributed by atoms with Gasteiger partial charge in [-0.15, -0.1) is 11.3 Å². The Bertz CT molecular complexity index is 742. The van der Waals surface area contributed by atoms with Gasteiger partial charge < -0.3 is 5.32 Å². The summed E-state index contributed by atoms with van der Waals surface area (Å²) in [4.78, 5) is 20.3. The molecule has 1 N–H and O–H groups in total. The van der Waals surface area contributed by atoms with E-state index in [0.717, 1.165) is 14.7 Å². The standard InChI is InChI=1S/C13H8BrN3OS/c14-10-4-8(5-11-12(10)16-7-19-11)13(18)17-9-2-1-3-15-6-9/h1-7H,(H,17,18). The Morgan fingerprint density at radius 3 is 3.05 bits per heavy atom. The summed E-state index contributed by atoms with van der Waals surface area (Å²) in [5, 5.41) is 2.80. The Morgan fingerprint density at radius 2 is 2.26 bits per heavy atom. The average Bonchev–Trinajstić information content (AvgIpc) is 2.88. The molecule has 3 aromatic rings. The quantitative estimate of drug-likeness (QED) is 0.777. The molecule has 0 aliphatic heterocycles. The van der Waals surface area contributed by atoms with Crippen LogP contribution >= 0.6 is 27.3 Å². The van der Waals surface area contributed by atoms with Gasteiger partial charge in [0.15, 0.2) is 0 Å². The molecule has 2 heterocycles. The normalized spacial score (nSPS) is 10.6. The van der Waals surface area contributed by atoms with E-state index in [0.29, 0.717) is 11.3 Å². The molecule has 0 saturated heterocycles. The molecule has 2 aromatic heterocycles. The van der Waals surface area contributed by atoms with E-state index in [2.05, 4.69) is 31.2 Å². The van der Waals surface area contributed by atoms with Crippen molar-refractivity contribution in [3.63, 3.8) is 0 Å². The van der Waals surface area contributed by atoms with Crippen LogP contribution < -0.4 is 5.32 Å². The van der Waals surface area contributed by atoms with E-state index >= 15 is 0 Å². The molecule has 1 aromatic carbocycles. The fraction of sp³-hybridized carbons (Fsp3) is 0. The van der Waals surface area contributed by atoms with Crippen LogP contribution in [0, 0.1) is 0 Å². The van der Waals surface area contributed by atoms with Gasteiger partial charge in [0.05, 0.1) is 27.6 Å². The molecule has 0 fully saturated rings. The number of halogens is 1. The number of nitrogens with one attached hydrogen (secondary N) is 1. The van der Waals surface area contributed by atoms with Gasteiger partial charge in [-0.05, 0) is 40.2 Å². The van der Waals surface area contributed by atoms with Crippen LogP contribution in [0.25, 0.3) is 10.2 Å². The second kappa shape index (κ2) is 5.07. The summed E-state index contributed by atoms with van der Waals surface area (Å²) in [5.41, 5.74) is 3.90. The van der Waals surface area contributed by atoms with E-state index in [1.54, 1.807) is 36.1 Å². The van der Waals surface area contributed by atoms with Gasteiger partial charge in [-0.2, -0.15) is 0 Å². The number of fused-ring (bicyclic) bond motifs is 1. The molecule has 19 heavy (non-hydrogen) atoms. The van der Waals surface area contributed by atoms with E-state index in [-0.39, 0.29) is 5.91 Å². The van der Waals surface area contributed by atoms with Crippen LogP contribution in [0.1, 0.15) is 10.4 Å². The van der Waals surface area contributed by atoms with Crippen LogP contribution in [-0.2, 0) is 0 Å². The molecule has 0 aliphatic rings. The predicted octanol–water partition coefficient (Wildman–Crippen LogP) is 3.71. The first kappa shape index (κ1) is 12.3. The van der Waals surface area contributed by atoms with Crippen LogP contribution in [0.5, 0.6) is 0 Å². The number of benzene rings is 1. The largest absolute Gasteiger partial charge is 0.321 e. The predicted molar refractivity (Wildman–Crippen MR) is 79.5 cm³/mol. The number of carbonyl (C=O) groups excluding carboxylic acids is 1. The zero-order valence-electron chi connectivity index (χ0n) is 9.63. The van der Waals surface area contributed by atoms with Gasteiger partial charge in [0, 0.05) is 16.2 Å². The van der Waals surface area contributed by atoms with Crippen molar-refractivity contribution in [2.24, 2.45) is 0 Å². The maximum absolute atomic E-state index is 12.2. The van der Waals surface area contributed by atoms with Gasteiger partial charge in [-0.25, -0.2) is 4.98 Å². The van der Waals surface area contributed by atoms with Gasteiger partial charge in [0.25, 0.3) is 5.91 Å². The SMILES string of the molecule is O=C(Nc1cccnc1)c1cc(Br)c2ncsc2c1. The van der Waals surface area contributed by atoms with E-state index in [9.17, 15) is 4.79 Å². The molecule has 0 aliphatic carbocycles.